The highest BCUT2D eigenvalue weighted by atomic mass is 16.1. The van der Waals surface area contributed by atoms with Crippen molar-refractivity contribution in [1.29, 1.82) is 0 Å². The molecule has 1 aliphatic rings. The van der Waals surface area contributed by atoms with Crippen molar-refractivity contribution >= 4 is 17.8 Å². The van der Waals surface area contributed by atoms with Gasteiger partial charge in [-0.25, -0.2) is 0 Å². The Morgan fingerprint density at radius 2 is 2.14 bits per heavy atom. The summed E-state index contributed by atoms with van der Waals surface area (Å²) >= 11 is 0. The second-order valence-electron chi connectivity index (χ2n) is 5.40. The Labute approximate surface area is 124 Å². The number of aromatic nitrogens is 2. The SMILES string of the molecule is O=C(C/C=C/c1ccccc1)Nc1cc(C2CCC2)[nH]n1. The highest BCUT2D eigenvalue weighted by Crippen LogP contribution is 2.35. The minimum absolute atomic E-state index is 0.0474. The van der Waals surface area contributed by atoms with Crippen LogP contribution in [0.2, 0.25) is 0 Å². The molecule has 1 aliphatic carbocycles. The van der Waals surface area contributed by atoms with Crippen molar-refractivity contribution in [2.45, 2.75) is 31.6 Å². The molecule has 0 spiro atoms. The van der Waals surface area contributed by atoms with Crippen molar-refractivity contribution in [2.24, 2.45) is 0 Å². The Bertz CT molecular complexity index is 626. The van der Waals surface area contributed by atoms with E-state index in [1.807, 2.05) is 48.6 Å². The van der Waals surface area contributed by atoms with Gasteiger partial charge in [0.25, 0.3) is 0 Å². The summed E-state index contributed by atoms with van der Waals surface area (Å²) in [6.07, 6.45) is 7.88. The molecule has 1 aromatic carbocycles. The first kappa shape index (κ1) is 13.6. The van der Waals surface area contributed by atoms with Gasteiger partial charge in [-0.15, -0.1) is 0 Å². The second-order valence-corrected chi connectivity index (χ2v) is 5.40. The molecule has 4 nitrogen and oxygen atoms in total. The van der Waals surface area contributed by atoms with Gasteiger partial charge in [0.1, 0.15) is 0 Å². The first-order chi connectivity index (χ1) is 10.3. The molecule has 0 saturated heterocycles. The van der Waals surface area contributed by atoms with Crippen LogP contribution < -0.4 is 5.32 Å². The van der Waals surface area contributed by atoms with Crippen LogP contribution in [0, 0.1) is 0 Å². The minimum Gasteiger partial charge on any atom is -0.309 e. The molecule has 0 bridgehead atoms. The van der Waals surface area contributed by atoms with Gasteiger partial charge in [-0.1, -0.05) is 48.9 Å². The molecule has 1 aromatic heterocycles. The van der Waals surface area contributed by atoms with Crippen LogP contribution in [0.3, 0.4) is 0 Å². The van der Waals surface area contributed by atoms with Crippen molar-refractivity contribution in [1.82, 2.24) is 10.2 Å². The maximum absolute atomic E-state index is 11.8. The molecule has 2 N–H and O–H groups in total. The van der Waals surface area contributed by atoms with Crippen LogP contribution in [0.5, 0.6) is 0 Å². The zero-order valence-electron chi connectivity index (χ0n) is 11.9. The van der Waals surface area contributed by atoms with Crippen LogP contribution >= 0.6 is 0 Å². The van der Waals surface area contributed by atoms with Gasteiger partial charge in [0.05, 0.1) is 0 Å². The van der Waals surface area contributed by atoms with E-state index in [4.69, 9.17) is 0 Å². The largest absolute Gasteiger partial charge is 0.309 e. The monoisotopic (exact) mass is 281 g/mol. The number of hydrogen-bond acceptors (Lipinski definition) is 2. The fourth-order valence-corrected chi connectivity index (χ4v) is 2.39. The normalized spacial score (nSPS) is 15.0. The van der Waals surface area contributed by atoms with Crippen LogP contribution in [-0.2, 0) is 4.79 Å². The van der Waals surface area contributed by atoms with Crippen LogP contribution in [0.1, 0.15) is 42.9 Å². The number of nitrogens with one attached hydrogen (secondary N) is 2. The molecule has 1 saturated carbocycles. The van der Waals surface area contributed by atoms with E-state index >= 15 is 0 Å². The lowest BCUT2D eigenvalue weighted by atomic mass is 9.83. The summed E-state index contributed by atoms with van der Waals surface area (Å²) in [5, 5.41) is 9.98. The van der Waals surface area contributed by atoms with E-state index in [2.05, 4.69) is 15.5 Å². The van der Waals surface area contributed by atoms with Gasteiger partial charge in [-0.3, -0.25) is 9.89 Å². The van der Waals surface area contributed by atoms with Gasteiger partial charge in [0.2, 0.25) is 5.91 Å². The molecule has 1 amide bonds. The summed E-state index contributed by atoms with van der Waals surface area (Å²) in [4.78, 5) is 11.8. The Balaban J connectivity index is 1.49. The van der Waals surface area contributed by atoms with E-state index < -0.39 is 0 Å². The highest BCUT2D eigenvalue weighted by Gasteiger charge is 2.21. The fraction of sp³-hybridized carbons (Fsp3) is 0.294. The molecular weight excluding hydrogens is 262 g/mol. The van der Waals surface area contributed by atoms with Gasteiger partial charge in [-0.05, 0) is 18.4 Å². The quantitative estimate of drug-likeness (QED) is 0.877. The second kappa shape index (κ2) is 6.39. The van der Waals surface area contributed by atoms with Gasteiger partial charge in [-0.2, -0.15) is 5.10 Å². The van der Waals surface area contributed by atoms with Crippen LogP contribution in [0.25, 0.3) is 6.08 Å². The third-order valence-corrected chi connectivity index (χ3v) is 3.82. The Morgan fingerprint density at radius 1 is 1.33 bits per heavy atom. The average Bonchev–Trinajstić information content (AvgIpc) is 2.86. The van der Waals surface area contributed by atoms with E-state index in [-0.39, 0.29) is 5.91 Å². The Morgan fingerprint density at radius 3 is 2.86 bits per heavy atom. The molecule has 1 heterocycles. The molecule has 0 atom stereocenters. The van der Waals surface area contributed by atoms with Gasteiger partial charge < -0.3 is 5.32 Å². The smallest absolute Gasteiger partial charge is 0.229 e. The third-order valence-electron chi connectivity index (χ3n) is 3.82. The highest BCUT2D eigenvalue weighted by molar-refractivity contribution is 5.91. The number of nitrogens with zero attached hydrogens (tertiary/aromatic N) is 1. The summed E-state index contributed by atoms with van der Waals surface area (Å²) in [5.74, 6) is 1.17. The summed E-state index contributed by atoms with van der Waals surface area (Å²) in [6, 6.07) is 11.9. The van der Waals surface area contributed by atoms with E-state index in [0.717, 1.165) is 11.3 Å². The lowest BCUT2D eigenvalue weighted by molar-refractivity contribution is -0.115. The maximum Gasteiger partial charge on any atom is 0.229 e. The number of carbonyl (C=O) groups is 1. The summed E-state index contributed by atoms with van der Waals surface area (Å²) in [7, 11) is 0. The molecule has 0 unspecified atom stereocenters. The lowest BCUT2D eigenvalue weighted by Gasteiger charge is -2.23. The van der Waals surface area contributed by atoms with Crippen molar-refractivity contribution in [3.63, 3.8) is 0 Å². The average molecular weight is 281 g/mol. The number of aromatic amines is 1. The van der Waals surface area contributed by atoms with Gasteiger partial charge in [0.15, 0.2) is 5.82 Å². The molecule has 0 radical (unpaired) electrons. The number of H-pyrrole nitrogens is 1. The first-order valence-electron chi connectivity index (χ1n) is 7.38. The first-order valence-corrected chi connectivity index (χ1v) is 7.38. The lowest BCUT2D eigenvalue weighted by Crippen LogP contribution is -2.10. The Hall–Kier alpha value is -2.36. The van der Waals surface area contributed by atoms with Crippen molar-refractivity contribution in [3.05, 3.63) is 53.7 Å². The molecule has 108 valence electrons. The molecule has 21 heavy (non-hydrogen) atoms. The van der Waals surface area contributed by atoms with E-state index in [1.54, 1.807) is 0 Å². The van der Waals surface area contributed by atoms with Crippen LogP contribution in [-0.4, -0.2) is 16.1 Å². The van der Waals surface area contributed by atoms with Crippen molar-refractivity contribution < 1.29 is 4.79 Å². The van der Waals surface area contributed by atoms with E-state index in [1.165, 1.54) is 19.3 Å². The molecule has 0 aliphatic heterocycles. The van der Waals surface area contributed by atoms with Crippen molar-refractivity contribution in [3.8, 4) is 0 Å². The number of amides is 1. The standard InChI is InChI=1S/C17H19N3O/c21-17(11-4-8-13-6-2-1-3-7-13)18-16-12-15(19-20-16)14-9-5-10-14/h1-4,6-8,12,14H,5,9-11H2,(H2,18,19,20,21)/b8-4+. The number of benzene rings is 1. The number of hydrogen-bond donors (Lipinski definition) is 2. The molecular formula is C17H19N3O. The number of anilines is 1. The van der Waals surface area contributed by atoms with Crippen LogP contribution in [0.4, 0.5) is 5.82 Å². The zero-order chi connectivity index (χ0) is 14.5. The predicted octanol–water partition coefficient (Wildman–Crippen LogP) is 3.72. The Kier molecular flexibility index (Phi) is 4.15. The predicted molar refractivity (Wildman–Crippen MR) is 83.9 cm³/mol. The maximum atomic E-state index is 11.8. The number of carbonyl (C=O) groups excluding carboxylic acids is 1. The van der Waals surface area contributed by atoms with Gasteiger partial charge >= 0.3 is 0 Å². The molecule has 3 rings (SSSR count). The van der Waals surface area contributed by atoms with E-state index in [9.17, 15) is 4.79 Å². The molecule has 1 fully saturated rings. The van der Waals surface area contributed by atoms with Gasteiger partial charge in [0, 0.05) is 24.1 Å². The fourth-order valence-electron chi connectivity index (χ4n) is 2.39. The summed E-state index contributed by atoms with van der Waals surface area (Å²) in [5.41, 5.74) is 2.23. The number of rotatable bonds is 5. The van der Waals surface area contributed by atoms with E-state index in [0.29, 0.717) is 18.2 Å². The van der Waals surface area contributed by atoms with Crippen molar-refractivity contribution in [2.75, 3.05) is 5.32 Å². The third kappa shape index (κ3) is 3.60. The minimum atomic E-state index is -0.0474. The topological polar surface area (TPSA) is 57.8 Å². The van der Waals surface area contributed by atoms with Crippen LogP contribution in [0.15, 0.2) is 42.5 Å². The summed E-state index contributed by atoms with van der Waals surface area (Å²) < 4.78 is 0. The molecule has 2 aromatic rings. The molecule has 4 heteroatoms. The zero-order valence-corrected chi connectivity index (χ0v) is 11.9. The summed E-state index contributed by atoms with van der Waals surface area (Å²) in [6.45, 7) is 0.